The molecule has 1 saturated heterocycles. The Balaban J connectivity index is 1.44. The summed E-state index contributed by atoms with van der Waals surface area (Å²) in [5, 5.41) is 6.38. The van der Waals surface area contributed by atoms with E-state index in [0.717, 1.165) is 33.3 Å². The molecule has 1 unspecified atom stereocenters. The number of ketones is 1. The zero-order valence-corrected chi connectivity index (χ0v) is 21.3. The first kappa shape index (κ1) is 24.7. The van der Waals surface area contributed by atoms with Gasteiger partial charge in [-0.3, -0.25) is 4.79 Å². The monoisotopic (exact) mass is 556 g/mol. The molecule has 1 fully saturated rings. The number of sulfonamides is 1. The van der Waals surface area contributed by atoms with E-state index in [1.807, 2.05) is 6.08 Å². The summed E-state index contributed by atoms with van der Waals surface area (Å²) in [5.41, 5.74) is 1.55. The molecule has 0 amide bonds. The van der Waals surface area contributed by atoms with Crippen molar-refractivity contribution in [1.29, 1.82) is 0 Å². The summed E-state index contributed by atoms with van der Waals surface area (Å²) >= 11 is 1.17. The van der Waals surface area contributed by atoms with Gasteiger partial charge in [-0.25, -0.2) is 31.3 Å². The van der Waals surface area contributed by atoms with Gasteiger partial charge in [0, 0.05) is 24.7 Å². The van der Waals surface area contributed by atoms with Crippen molar-refractivity contribution in [2.24, 2.45) is 5.41 Å². The van der Waals surface area contributed by atoms with E-state index in [4.69, 9.17) is 0 Å². The van der Waals surface area contributed by atoms with Crippen LogP contribution in [0.4, 0.5) is 13.2 Å². The van der Waals surface area contributed by atoms with Gasteiger partial charge in [-0.1, -0.05) is 5.57 Å². The summed E-state index contributed by atoms with van der Waals surface area (Å²) in [6, 6.07) is 8.29. The molecule has 4 aromatic rings. The van der Waals surface area contributed by atoms with Crippen molar-refractivity contribution in [3.05, 3.63) is 99.5 Å². The number of benzene rings is 2. The molecular formula is C26H19F3N4O3S2. The normalized spacial score (nSPS) is 19.5. The molecule has 0 saturated carbocycles. The van der Waals surface area contributed by atoms with Gasteiger partial charge in [-0.15, -0.1) is 11.3 Å². The minimum absolute atomic E-state index is 0.0417. The lowest BCUT2D eigenvalue weighted by atomic mass is 9.66. The standard InChI is InChI=1S/C26H19F3N4O3S2/c27-18-1-3-19(4-2-18)33-23-11-17-7-9-32(38(35,36)20-5-6-21(28)22(29)12-20)15-26(17,13-16(23)14-31-33)24(34)25-30-8-10-37-25/h1-6,8,10-12,14H,7,9,13,15H2. The van der Waals surface area contributed by atoms with Crippen molar-refractivity contribution >= 4 is 33.2 Å². The molecule has 2 aromatic heterocycles. The van der Waals surface area contributed by atoms with Gasteiger partial charge in [-0.05, 0) is 66.9 Å². The van der Waals surface area contributed by atoms with E-state index < -0.39 is 27.1 Å². The molecule has 2 aliphatic rings. The SMILES string of the molecule is O=C(c1nccs1)C12Cc3cnn(-c4ccc(F)cc4)c3C=C1CCN(S(=O)(=O)c1ccc(F)c(F)c1)C2. The van der Waals surface area contributed by atoms with E-state index in [1.54, 1.807) is 28.4 Å². The molecule has 1 aliphatic carbocycles. The van der Waals surface area contributed by atoms with Crippen LogP contribution in [0.2, 0.25) is 0 Å². The largest absolute Gasteiger partial charge is 0.290 e. The van der Waals surface area contributed by atoms with Crippen molar-refractivity contribution in [2.45, 2.75) is 17.7 Å². The van der Waals surface area contributed by atoms with E-state index in [0.29, 0.717) is 11.8 Å². The maximum absolute atomic E-state index is 14.0. The Labute approximate surface area is 219 Å². The number of aromatic nitrogens is 3. The maximum Gasteiger partial charge on any atom is 0.243 e. The van der Waals surface area contributed by atoms with Crippen molar-refractivity contribution in [3.63, 3.8) is 0 Å². The van der Waals surface area contributed by atoms with Gasteiger partial charge in [0.1, 0.15) is 5.82 Å². The summed E-state index contributed by atoms with van der Waals surface area (Å²) in [6.07, 6.45) is 5.37. The number of piperidine rings is 1. The Morgan fingerprint density at radius 1 is 1.05 bits per heavy atom. The average Bonchev–Trinajstić information content (AvgIpc) is 3.59. The van der Waals surface area contributed by atoms with Crippen LogP contribution in [0.25, 0.3) is 11.8 Å². The third-order valence-electron chi connectivity index (χ3n) is 7.04. The Morgan fingerprint density at radius 3 is 2.55 bits per heavy atom. The maximum atomic E-state index is 14.0. The van der Waals surface area contributed by atoms with Gasteiger partial charge in [0.15, 0.2) is 16.6 Å². The Hall–Kier alpha value is -3.61. The zero-order chi connectivity index (χ0) is 26.7. The minimum atomic E-state index is -4.24. The quantitative estimate of drug-likeness (QED) is 0.334. The van der Waals surface area contributed by atoms with Gasteiger partial charge in [0.2, 0.25) is 15.8 Å². The Morgan fingerprint density at radius 2 is 1.84 bits per heavy atom. The molecule has 0 radical (unpaired) electrons. The average molecular weight is 557 g/mol. The highest BCUT2D eigenvalue weighted by Gasteiger charge is 2.51. The van der Waals surface area contributed by atoms with Gasteiger partial charge in [0.25, 0.3) is 0 Å². The topological polar surface area (TPSA) is 85.2 Å². The number of nitrogens with zero attached hydrogens (tertiary/aromatic N) is 4. The number of halogens is 3. The number of carbonyl (C=O) groups is 1. The Kier molecular flexibility index (Phi) is 5.85. The molecule has 12 heteroatoms. The van der Waals surface area contributed by atoms with Gasteiger partial charge < -0.3 is 0 Å². The van der Waals surface area contributed by atoms with Crippen LogP contribution in [-0.4, -0.2) is 46.4 Å². The number of Topliss-reactive ketones (excluding diaryl/α,β-unsaturated/α-hetero) is 1. The molecule has 3 heterocycles. The second-order valence-corrected chi connectivity index (χ2v) is 12.0. The highest BCUT2D eigenvalue weighted by Crippen LogP contribution is 2.47. The van der Waals surface area contributed by atoms with Crippen LogP contribution in [0.3, 0.4) is 0 Å². The van der Waals surface area contributed by atoms with Crippen LogP contribution in [0.15, 0.2) is 70.7 Å². The lowest BCUT2D eigenvalue weighted by molar-refractivity contribution is 0.0775. The smallest absolute Gasteiger partial charge is 0.243 e. The number of hydrogen-bond acceptors (Lipinski definition) is 6. The van der Waals surface area contributed by atoms with Gasteiger partial charge in [0.05, 0.1) is 27.9 Å². The summed E-state index contributed by atoms with van der Waals surface area (Å²) in [4.78, 5) is 17.8. The summed E-state index contributed by atoms with van der Waals surface area (Å²) in [6.45, 7) is -0.153. The molecule has 2 aromatic carbocycles. The van der Waals surface area contributed by atoms with Gasteiger partial charge >= 0.3 is 0 Å². The first-order valence-electron chi connectivity index (χ1n) is 11.6. The lowest BCUT2D eigenvalue weighted by Gasteiger charge is -2.44. The third-order valence-corrected chi connectivity index (χ3v) is 9.66. The van der Waals surface area contributed by atoms with E-state index in [2.05, 4.69) is 10.1 Å². The molecule has 6 rings (SSSR count). The third kappa shape index (κ3) is 3.91. The van der Waals surface area contributed by atoms with Crippen LogP contribution in [0.5, 0.6) is 0 Å². The van der Waals surface area contributed by atoms with Crippen LogP contribution >= 0.6 is 11.3 Å². The first-order chi connectivity index (χ1) is 18.2. The Bertz CT molecular complexity index is 1700. The fourth-order valence-electron chi connectivity index (χ4n) is 5.14. The first-order valence-corrected chi connectivity index (χ1v) is 13.9. The molecule has 0 bridgehead atoms. The fourth-order valence-corrected chi connectivity index (χ4v) is 7.32. The van der Waals surface area contributed by atoms with Crippen LogP contribution < -0.4 is 0 Å². The molecule has 1 aliphatic heterocycles. The number of fused-ring (bicyclic) bond motifs is 2. The zero-order valence-electron chi connectivity index (χ0n) is 19.6. The molecular weight excluding hydrogens is 537 g/mol. The summed E-state index contributed by atoms with van der Waals surface area (Å²) < 4.78 is 70.7. The van der Waals surface area contributed by atoms with Gasteiger partial charge in [-0.2, -0.15) is 9.40 Å². The van der Waals surface area contributed by atoms with Crippen LogP contribution in [0, 0.1) is 22.9 Å². The highest BCUT2D eigenvalue weighted by atomic mass is 32.2. The van der Waals surface area contributed by atoms with E-state index >= 15 is 0 Å². The predicted molar refractivity (Wildman–Crippen MR) is 134 cm³/mol. The molecule has 1 atom stereocenters. The minimum Gasteiger partial charge on any atom is -0.290 e. The highest BCUT2D eigenvalue weighted by molar-refractivity contribution is 7.89. The fraction of sp³-hybridized carbons (Fsp3) is 0.192. The molecule has 0 N–H and O–H groups in total. The van der Waals surface area contributed by atoms with Crippen LogP contribution in [0.1, 0.15) is 27.5 Å². The summed E-state index contributed by atoms with van der Waals surface area (Å²) in [5.74, 6) is -3.12. The molecule has 7 nitrogen and oxygen atoms in total. The van der Waals surface area contributed by atoms with E-state index in [1.165, 1.54) is 29.7 Å². The molecule has 0 spiro atoms. The summed E-state index contributed by atoms with van der Waals surface area (Å²) in [7, 11) is -4.24. The van der Waals surface area contributed by atoms with E-state index in [-0.39, 0.29) is 47.4 Å². The molecule has 194 valence electrons. The molecule has 38 heavy (non-hydrogen) atoms. The van der Waals surface area contributed by atoms with Crippen molar-refractivity contribution in [1.82, 2.24) is 19.1 Å². The van der Waals surface area contributed by atoms with Crippen molar-refractivity contribution < 1.29 is 26.4 Å². The van der Waals surface area contributed by atoms with Crippen molar-refractivity contribution in [3.8, 4) is 5.69 Å². The number of thiazole rings is 1. The second-order valence-electron chi connectivity index (χ2n) is 9.20. The number of carbonyl (C=O) groups excluding carboxylic acids is 1. The van der Waals surface area contributed by atoms with Crippen LogP contribution in [-0.2, 0) is 16.4 Å². The number of rotatable bonds is 5. The lowest BCUT2D eigenvalue weighted by Crippen LogP contribution is -2.53. The predicted octanol–water partition coefficient (Wildman–Crippen LogP) is 4.65. The van der Waals surface area contributed by atoms with Crippen molar-refractivity contribution in [2.75, 3.05) is 13.1 Å². The van der Waals surface area contributed by atoms with E-state index in [9.17, 15) is 26.4 Å². The number of hydrogen-bond donors (Lipinski definition) is 0. The second kappa shape index (κ2) is 9.00.